The van der Waals surface area contributed by atoms with Crippen molar-refractivity contribution in [1.82, 2.24) is 0 Å². The van der Waals surface area contributed by atoms with Crippen LogP contribution in [0.2, 0.25) is 6.55 Å². The number of allylic oxidation sites excluding steroid dienone is 4. The predicted octanol–water partition coefficient (Wildman–Crippen LogP) is 1.89. The third-order valence-electron chi connectivity index (χ3n) is 7.34. The third-order valence-corrected chi connectivity index (χ3v) is 9.81. The molecule has 0 spiro atoms. The molecule has 4 aromatic carbocycles. The van der Waals surface area contributed by atoms with Gasteiger partial charge in [-0.15, -0.1) is 27.6 Å². The van der Waals surface area contributed by atoms with Gasteiger partial charge >= 0.3 is 0 Å². The summed E-state index contributed by atoms with van der Waals surface area (Å²) in [6.45, 7) is 16.6. The van der Waals surface area contributed by atoms with E-state index < -0.39 is 8.80 Å². The Morgan fingerprint density at radius 3 is 1.97 bits per heavy atom. The first kappa shape index (κ1) is 31.9. The molecule has 0 atom stereocenters. The van der Waals surface area contributed by atoms with Gasteiger partial charge in [0.1, 0.15) is 8.80 Å². The summed E-state index contributed by atoms with van der Waals surface area (Å²) in [5, 5.41) is 8.75. The molecule has 0 aromatic heterocycles. The van der Waals surface area contributed by atoms with Gasteiger partial charge in [0.05, 0.1) is 0 Å². The SMILES string of the molecule is C[Si](c1ccccc1)c1c(C(C)(C)C)cc2c([cH-]c3c(C(C)(C)C)cccc32)c1C1=CC=CC1.[Cl-].[Cl-].[Hf]. The second-order valence-corrected chi connectivity index (χ2v) is 14.2. The van der Waals surface area contributed by atoms with Crippen LogP contribution in [0, 0.1) is 0 Å². The minimum Gasteiger partial charge on any atom is -1.00 e. The van der Waals surface area contributed by atoms with Gasteiger partial charge in [0.2, 0.25) is 0 Å². The van der Waals surface area contributed by atoms with Crippen molar-refractivity contribution >= 4 is 46.3 Å². The van der Waals surface area contributed by atoms with Crippen LogP contribution in [0.3, 0.4) is 0 Å². The van der Waals surface area contributed by atoms with Crippen molar-refractivity contribution < 1.29 is 50.7 Å². The molecule has 0 N–H and O–H groups in total. The van der Waals surface area contributed by atoms with Gasteiger partial charge in [-0.3, -0.25) is 0 Å². The van der Waals surface area contributed by atoms with Crippen LogP contribution in [0.25, 0.3) is 27.1 Å². The zero-order chi connectivity index (χ0) is 24.3. The Morgan fingerprint density at radius 2 is 1.41 bits per heavy atom. The van der Waals surface area contributed by atoms with Crippen molar-refractivity contribution in [3.63, 3.8) is 0 Å². The van der Waals surface area contributed by atoms with Crippen LogP contribution < -0.4 is 35.2 Å². The van der Waals surface area contributed by atoms with E-state index in [0.717, 1.165) is 6.42 Å². The van der Waals surface area contributed by atoms with E-state index in [9.17, 15) is 0 Å². The smallest absolute Gasteiger partial charge is 0.110 e. The van der Waals surface area contributed by atoms with Gasteiger partial charge < -0.3 is 24.8 Å². The van der Waals surface area contributed by atoms with E-state index in [1.807, 2.05) is 0 Å². The molecule has 0 unspecified atom stereocenters. The van der Waals surface area contributed by atoms with E-state index in [4.69, 9.17) is 0 Å². The molecule has 0 aliphatic heterocycles. The fourth-order valence-electron chi connectivity index (χ4n) is 5.60. The zero-order valence-electron chi connectivity index (χ0n) is 23.0. The van der Waals surface area contributed by atoms with Crippen LogP contribution in [0.4, 0.5) is 0 Å². The number of fused-ring (bicyclic) bond motifs is 3. The standard InChI is InChI=1S/C33H36Si.2ClH.Hf/c1-32(2,3)28-19-13-18-24-25-21-29(33(4,5)6)31(34(7)23-16-9-8-10-17-23)30(22-14-11-12-15-22)27(25)20-26(24)28;;;/h8-14,16-21H,15H2,1-7H3;2*1H;/q-1;;;/p-2. The molecule has 0 saturated carbocycles. The van der Waals surface area contributed by atoms with Gasteiger partial charge in [-0.25, -0.2) is 0 Å². The maximum atomic E-state index is 2.54. The Hall–Kier alpha value is -1.32. The van der Waals surface area contributed by atoms with E-state index in [1.165, 1.54) is 49.0 Å². The Kier molecular flexibility index (Phi) is 10.2. The van der Waals surface area contributed by atoms with Gasteiger partial charge in [0.15, 0.2) is 0 Å². The van der Waals surface area contributed by atoms with Gasteiger partial charge in [-0.2, -0.15) is 0 Å². The Labute approximate surface area is 256 Å². The molecule has 0 saturated heterocycles. The molecule has 4 heteroatoms. The second kappa shape index (κ2) is 11.8. The summed E-state index contributed by atoms with van der Waals surface area (Å²) < 4.78 is 0. The quantitative estimate of drug-likeness (QED) is 0.226. The van der Waals surface area contributed by atoms with Crippen LogP contribution in [0.15, 0.2) is 78.9 Å². The molecular weight excluding hydrogens is 674 g/mol. The first-order valence-corrected chi connectivity index (χ1v) is 14.5. The largest absolute Gasteiger partial charge is 1.00 e. The number of hydrogen-bond donors (Lipinski definition) is 0. The third kappa shape index (κ3) is 5.83. The van der Waals surface area contributed by atoms with E-state index in [0.29, 0.717) is 0 Å². The van der Waals surface area contributed by atoms with Crippen LogP contribution in [-0.4, -0.2) is 8.80 Å². The molecule has 0 heterocycles. The minimum absolute atomic E-state index is 0. The minimum atomic E-state index is -0.957. The summed E-state index contributed by atoms with van der Waals surface area (Å²) in [5.74, 6) is 0. The summed E-state index contributed by atoms with van der Waals surface area (Å²) in [6, 6.07) is 23.1. The van der Waals surface area contributed by atoms with Gasteiger partial charge in [-0.1, -0.05) is 154 Å². The fourth-order valence-corrected chi connectivity index (χ4v) is 8.11. The summed E-state index contributed by atoms with van der Waals surface area (Å²) >= 11 is 0. The number of rotatable bonds is 3. The van der Waals surface area contributed by atoms with Crippen LogP contribution in [-0.2, 0) is 36.7 Å². The van der Waals surface area contributed by atoms with E-state index in [1.54, 1.807) is 5.19 Å². The van der Waals surface area contributed by atoms with Gasteiger partial charge in [0.25, 0.3) is 0 Å². The molecule has 1 aliphatic carbocycles. The van der Waals surface area contributed by atoms with Crippen molar-refractivity contribution in [1.29, 1.82) is 0 Å². The Bertz CT molecular complexity index is 1450. The summed E-state index contributed by atoms with van der Waals surface area (Å²) in [7, 11) is -0.957. The average Bonchev–Trinajstić information content (AvgIpc) is 3.44. The molecule has 0 fully saturated rings. The van der Waals surface area contributed by atoms with Crippen molar-refractivity contribution in [3.05, 3.63) is 95.6 Å². The van der Waals surface area contributed by atoms with E-state index in [-0.39, 0.29) is 61.5 Å². The van der Waals surface area contributed by atoms with Crippen LogP contribution in [0.5, 0.6) is 0 Å². The maximum absolute atomic E-state index is 2.54. The molecule has 37 heavy (non-hydrogen) atoms. The van der Waals surface area contributed by atoms with E-state index >= 15 is 0 Å². The van der Waals surface area contributed by atoms with Crippen molar-refractivity contribution in [2.24, 2.45) is 0 Å². The van der Waals surface area contributed by atoms with Gasteiger partial charge in [0, 0.05) is 25.8 Å². The molecule has 4 aromatic rings. The molecule has 1 aliphatic rings. The monoisotopic (exact) mass is 710 g/mol. The van der Waals surface area contributed by atoms with Gasteiger partial charge in [-0.05, 0) is 17.3 Å². The maximum Gasteiger partial charge on any atom is 0.110 e. The zero-order valence-corrected chi connectivity index (χ0v) is 29.1. The number of halogens is 2. The van der Waals surface area contributed by atoms with Crippen molar-refractivity contribution in [2.45, 2.75) is 65.3 Å². The molecule has 193 valence electrons. The molecule has 1 radical (unpaired) electrons. The number of hydrogen-bond acceptors (Lipinski definition) is 0. The van der Waals surface area contributed by atoms with Crippen LogP contribution >= 0.6 is 0 Å². The Balaban J connectivity index is 0.00000160. The topological polar surface area (TPSA) is 0 Å². The molecular formula is C33H36Cl2HfSi-3. The fraction of sp³-hybridized carbons (Fsp3) is 0.303. The predicted molar refractivity (Wildman–Crippen MR) is 154 cm³/mol. The summed E-state index contributed by atoms with van der Waals surface area (Å²) in [4.78, 5) is 0. The van der Waals surface area contributed by atoms with Crippen molar-refractivity contribution in [3.8, 4) is 0 Å². The first-order valence-electron chi connectivity index (χ1n) is 12.5. The van der Waals surface area contributed by atoms with Crippen molar-refractivity contribution in [2.75, 3.05) is 0 Å². The van der Waals surface area contributed by atoms with E-state index in [2.05, 4.69) is 127 Å². The van der Waals surface area contributed by atoms with Crippen LogP contribution in [0.1, 0.15) is 64.7 Å². The second-order valence-electron chi connectivity index (χ2n) is 11.9. The average molecular weight is 710 g/mol. The summed E-state index contributed by atoms with van der Waals surface area (Å²) in [5.41, 5.74) is 6.10. The first-order chi connectivity index (χ1) is 16.1. The Morgan fingerprint density at radius 1 is 0.757 bits per heavy atom. The summed E-state index contributed by atoms with van der Waals surface area (Å²) in [6.07, 6.45) is 7.92. The molecule has 0 nitrogen and oxygen atoms in total. The molecule has 5 rings (SSSR count). The molecule has 0 bridgehead atoms. The molecule has 0 amide bonds. The normalized spacial score (nSPS) is 13.4. The number of benzene rings is 3.